The molecule has 0 saturated heterocycles. The Morgan fingerprint density at radius 1 is 1.50 bits per heavy atom. The first-order valence-electron chi connectivity index (χ1n) is 4.26. The fourth-order valence-corrected chi connectivity index (χ4v) is 3.21. The molecule has 2 unspecified atom stereocenters. The highest BCUT2D eigenvalue weighted by Gasteiger charge is 2.25. The van der Waals surface area contributed by atoms with E-state index in [-0.39, 0.29) is 0 Å². The molecule has 0 radical (unpaired) electrons. The summed E-state index contributed by atoms with van der Waals surface area (Å²) in [6.07, 6.45) is 3.47. The molecule has 1 nitrogen and oxygen atoms in total. The molecule has 1 fully saturated rings. The van der Waals surface area contributed by atoms with Crippen LogP contribution in [0.2, 0.25) is 5.02 Å². The van der Waals surface area contributed by atoms with E-state index in [0.717, 1.165) is 17.9 Å². The summed E-state index contributed by atoms with van der Waals surface area (Å²) in [6, 6.07) is 2.37. The Morgan fingerprint density at radius 3 is 2.83 bits per heavy atom. The normalized spacial score (nSPS) is 29.5. The number of rotatable bonds is 1. The van der Waals surface area contributed by atoms with E-state index in [1.54, 1.807) is 11.3 Å². The molecule has 0 bridgehead atoms. The van der Waals surface area contributed by atoms with E-state index in [2.05, 4.69) is 5.38 Å². The van der Waals surface area contributed by atoms with Crippen molar-refractivity contribution in [2.24, 2.45) is 5.73 Å². The molecule has 1 aromatic heterocycles. The number of hydrogen-bond donors (Lipinski definition) is 1. The van der Waals surface area contributed by atoms with Crippen LogP contribution in [-0.4, -0.2) is 6.04 Å². The second kappa shape index (κ2) is 3.36. The maximum atomic E-state index is 6.04. The second-order valence-electron chi connectivity index (χ2n) is 3.40. The van der Waals surface area contributed by atoms with Crippen LogP contribution >= 0.6 is 22.9 Å². The van der Waals surface area contributed by atoms with Gasteiger partial charge in [-0.1, -0.05) is 11.6 Å². The first kappa shape index (κ1) is 8.54. The van der Waals surface area contributed by atoms with Gasteiger partial charge >= 0.3 is 0 Å². The zero-order valence-corrected chi connectivity index (χ0v) is 8.37. The molecule has 2 N–H and O–H groups in total. The molecule has 3 heteroatoms. The maximum absolute atomic E-state index is 6.04. The highest BCUT2D eigenvalue weighted by Crippen LogP contribution is 2.39. The molecule has 12 heavy (non-hydrogen) atoms. The van der Waals surface area contributed by atoms with Crippen LogP contribution in [0.5, 0.6) is 0 Å². The van der Waals surface area contributed by atoms with Gasteiger partial charge in [-0.3, -0.25) is 0 Å². The summed E-state index contributed by atoms with van der Waals surface area (Å²) in [5.41, 5.74) is 5.84. The van der Waals surface area contributed by atoms with Gasteiger partial charge < -0.3 is 5.73 Å². The lowest BCUT2D eigenvalue weighted by atomic mass is 10.1. The minimum Gasteiger partial charge on any atom is -0.328 e. The molecule has 1 saturated carbocycles. The van der Waals surface area contributed by atoms with Crippen molar-refractivity contribution in [1.29, 1.82) is 0 Å². The van der Waals surface area contributed by atoms with Gasteiger partial charge in [-0.05, 0) is 36.6 Å². The number of hydrogen-bond acceptors (Lipinski definition) is 2. The van der Waals surface area contributed by atoms with E-state index >= 15 is 0 Å². The molecule has 0 amide bonds. The van der Waals surface area contributed by atoms with Crippen molar-refractivity contribution in [2.75, 3.05) is 0 Å². The first-order chi connectivity index (χ1) is 5.77. The van der Waals surface area contributed by atoms with Crippen molar-refractivity contribution in [3.8, 4) is 0 Å². The van der Waals surface area contributed by atoms with Crippen LogP contribution in [0.15, 0.2) is 11.4 Å². The number of halogens is 1. The van der Waals surface area contributed by atoms with Crippen LogP contribution in [0.3, 0.4) is 0 Å². The molecule has 0 aromatic carbocycles. The van der Waals surface area contributed by atoms with Gasteiger partial charge in [0.15, 0.2) is 0 Å². The monoisotopic (exact) mass is 201 g/mol. The van der Waals surface area contributed by atoms with Gasteiger partial charge in [0, 0.05) is 10.9 Å². The van der Waals surface area contributed by atoms with Crippen LogP contribution in [0, 0.1) is 0 Å². The average Bonchev–Trinajstić information content (AvgIpc) is 2.58. The van der Waals surface area contributed by atoms with Crippen LogP contribution in [0.1, 0.15) is 30.1 Å². The lowest BCUT2D eigenvalue weighted by molar-refractivity contribution is 0.681. The second-order valence-corrected chi connectivity index (χ2v) is 4.76. The fourth-order valence-electron chi connectivity index (χ4n) is 1.85. The van der Waals surface area contributed by atoms with Crippen molar-refractivity contribution in [3.63, 3.8) is 0 Å². The number of nitrogens with two attached hydrogens (primary N) is 1. The van der Waals surface area contributed by atoms with Gasteiger partial charge in [0.2, 0.25) is 0 Å². The molecule has 1 aliphatic rings. The van der Waals surface area contributed by atoms with Crippen molar-refractivity contribution >= 4 is 22.9 Å². The van der Waals surface area contributed by atoms with E-state index in [0.29, 0.717) is 12.0 Å². The molecule has 1 aliphatic carbocycles. The SMILES string of the molecule is NC1CCC(c2sccc2Cl)C1. The molecule has 1 heterocycles. The van der Waals surface area contributed by atoms with Crippen LogP contribution in [0.25, 0.3) is 0 Å². The predicted octanol–water partition coefficient (Wildman–Crippen LogP) is 3.00. The summed E-state index contributed by atoms with van der Waals surface area (Å²) in [6.45, 7) is 0. The van der Waals surface area contributed by atoms with E-state index in [4.69, 9.17) is 17.3 Å². The van der Waals surface area contributed by atoms with Crippen LogP contribution in [0.4, 0.5) is 0 Å². The minimum absolute atomic E-state index is 0.396. The summed E-state index contributed by atoms with van der Waals surface area (Å²) in [4.78, 5) is 1.34. The van der Waals surface area contributed by atoms with Gasteiger partial charge in [-0.2, -0.15) is 0 Å². The topological polar surface area (TPSA) is 26.0 Å². The zero-order valence-electron chi connectivity index (χ0n) is 6.79. The van der Waals surface area contributed by atoms with Gasteiger partial charge in [0.05, 0.1) is 5.02 Å². The largest absolute Gasteiger partial charge is 0.328 e. The molecule has 0 spiro atoms. The number of thiophene rings is 1. The third-order valence-electron chi connectivity index (χ3n) is 2.49. The van der Waals surface area contributed by atoms with Crippen molar-refractivity contribution in [1.82, 2.24) is 0 Å². The Labute approximate surface area is 81.5 Å². The Balaban J connectivity index is 2.16. The Morgan fingerprint density at radius 2 is 2.33 bits per heavy atom. The molecule has 2 rings (SSSR count). The molecular formula is C9H12ClNS. The van der Waals surface area contributed by atoms with Gasteiger partial charge in [0.25, 0.3) is 0 Å². The van der Waals surface area contributed by atoms with Gasteiger partial charge in [-0.15, -0.1) is 11.3 Å². The third-order valence-corrected chi connectivity index (χ3v) is 4.01. The van der Waals surface area contributed by atoms with Crippen LogP contribution in [-0.2, 0) is 0 Å². The molecule has 1 aromatic rings. The van der Waals surface area contributed by atoms with E-state index in [1.807, 2.05) is 6.07 Å². The summed E-state index contributed by atoms with van der Waals surface area (Å²) in [5.74, 6) is 0.632. The first-order valence-corrected chi connectivity index (χ1v) is 5.51. The predicted molar refractivity (Wildman–Crippen MR) is 53.9 cm³/mol. The molecular weight excluding hydrogens is 190 g/mol. The molecule has 0 aliphatic heterocycles. The van der Waals surface area contributed by atoms with Crippen LogP contribution < -0.4 is 5.73 Å². The third kappa shape index (κ3) is 1.51. The lowest BCUT2D eigenvalue weighted by Crippen LogP contribution is -2.14. The molecule has 2 atom stereocenters. The quantitative estimate of drug-likeness (QED) is 0.743. The fraction of sp³-hybridized carbons (Fsp3) is 0.556. The Bertz CT molecular complexity index is 271. The average molecular weight is 202 g/mol. The maximum Gasteiger partial charge on any atom is 0.0547 e. The van der Waals surface area contributed by atoms with E-state index in [9.17, 15) is 0 Å². The van der Waals surface area contributed by atoms with E-state index < -0.39 is 0 Å². The molecule has 66 valence electrons. The highest BCUT2D eigenvalue weighted by atomic mass is 35.5. The van der Waals surface area contributed by atoms with Crippen molar-refractivity contribution in [3.05, 3.63) is 21.3 Å². The minimum atomic E-state index is 0.396. The van der Waals surface area contributed by atoms with Gasteiger partial charge in [0.1, 0.15) is 0 Å². The van der Waals surface area contributed by atoms with Gasteiger partial charge in [-0.25, -0.2) is 0 Å². The standard InChI is InChI=1S/C9H12ClNS/c10-8-3-4-12-9(8)6-1-2-7(11)5-6/h3-4,6-7H,1-2,5,11H2. The summed E-state index contributed by atoms with van der Waals surface area (Å²) in [5, 5.41) is 2.99. The Kier molecular flexibility index (Phi) is 2.40. The van der Waals surface area contributed by atoms with Crippen molar-refractivity contribution in [2.45, 2.75) is 31.2 Å². The smallest absolute Gasteiger partial charge is 0.0547 e. The van der Waals surface area contributed by atoms with Crippen molar-refractivity contribution < 1.29 is 0 Å². The Hall–Kier alpha value is -0.0500. The highest BCUT2D eigenvalue weighted by molar-refractivity contribution is 7.10. The zero-order chi connectivity index (χ0) is 8.55. The van der Waals surface area contributed by atoms with E-state index in [1.165, 1.54) is 11.3 Å². The summed E-state index contributed by atoms with van der Waals surface area (Å²) >= 11 is 7.80. The summed E-state index contributed by atoms with van der Waals surface area (Å²) < 4.78 is 0. The lowest BCUT2D eigenvalue weighted by Gasteiger charge is -2.06. The summed E-state index contributed by atoms with van der Waals surface area (Å²) in [7, 11) is 0.